The highest BCUT2D eigenvalue weighted by Gasteiger charge is 2.31. The molecule has 0 saturated heterocycles. The molecule has 0 aliphatic heterocycles. The molecule has 3 aromatic carbocycles. The summed E-state index contributed by atoms with van der Waals surface area (Å²) < 4.78 is 59.9. The van der Waals surface area contributed by atoms with E-state index in [1.165, 1.54) is 6.07 Å². The van der Waals surface area contributed by atoms with E-state index in [2.05, 4.69) is 11.9 Å². The molecular weight excluding hydrogens is 462 g/mol. The van der Waals surface area contributed by atoms with Gasteiger partial charge in [0.25, 0.3) is 0 Å². The molecule has 0 atom stereocenters. The highest BCUT2D eigenvalue weighted by atomic mass is 19.4. The van der Waals surface area contributed by atoms with Crippen LogP contribution in [0.15, 0.2) is 66.7 Å². The molecule has 0 aliphatic rings. The Morgan fingerprint density at radius 1 is 0.971 bits per heavy atom. The van der Waals surface area contributed by atoms with Gasteiger partial charge in [0, 0.05) is 16.5 Å². The smallest absolute Gasteiger partial charge is 0.416 e. The minimum absolute atomic E-state index is 0.0658. The number of carbonyl (C=O) groups is 1. The van der Waals surface area contributed by atoms with Crippen molar-refractivity contribution in [2.45, 2.75) is 25.9 Å². The van der Waals surface area contributed by atoms with E-state index < -0.39 is 23.5 Å². The monoisotopic (exact) mass is 483 g/mol. The number of hydrogen-bond donors (Lipinski definition) is 1. The second-order valence-corrected chi connectivity index (χ2v) is 8.01. The normalized spacial score (nSPS) is 11.6. The maximum absolute atomic E-state index is 15.0. The van der Waals surface area contributed by atoms with E-state index in [4.69, 9.17) is 4.74 Å². The van der Waals surface area contributed by atoms with Crippen molar-refractivity contribution in [3.8, 4) is 28.1 Å². The topological polar surface area (TPSA) is 59.4 Å². The highest BCUT2D eigenvalue weighted by Crippen LogP contribution is 2.34. The van der Waals surface area contributed by atoms with E-state index in [9.17, 15) is 23.1 Å². The molecule has 0 aliphatic carbocycles. The van der Waals surface area contributed by atoms with Crippen molar-refractivity contribution in [1.82, 2.24) is 4.98 Å². The van der Waals surface area contributed by atoms with Crippen molar-refractivity contribution in [2.75, 3.05) is 6.61 Å². The summed E-state index contributed by atoms with van der Waals surface area (Å²) in [6.07, 6.45) is -2.67. The Kier molecular flexibility index (Phi) is 6.73. The Bertz CT molecular complexity index is 1380. The molecule has 1 N–H and O–H groups in total. The van der Waals surface area contributed by atoms with Gasteiger partial charge in [0.05, 0.1) is 28.9 Å². The highest BCUT2D eigenvalue weighted by molar-refractivity contribution is 6.04. The number of carboxylic acids is 1. The number of aromatic nitrogens is 1. The molecule has 0 amide bonds. The van der Waals surface area contributed by atoms with Crippen LogP contribution in [0.2, 0.25) is 0 Å². The maximum atomic E-state index is 15.0. The van der Waals surface area contributed by atoms with Gasteiger partial charge in [0.2, 0.25) is 0 Å². The van der Waals surface area contributed by atoms with E-state index in [0.717, 1.165) is 37.1 Å². The molecule has 0 unspecified atom stereocenters. The first-order valence-corrected chi connectivity index (χ1v) is 11.0. The van der Waals surface area contributed by atoms with Crippen LogP contribution < -0.4 is 4.74 Å². The zero-order valence-corrected chi connectivity index (χ0v) is 18.7. The lowest BCUT2D eigenvalue weighted by Gasteiger charge is -2.12. The van der Waals surface area contributed by atoms with E-state index >= 15 is 4.39 Å². The molecule has 0 spiro atoms. The predicted molar refractivity (Wildman–Crippen MR) is 125 cm³/mol. The molecule has 4 rings (SSSR count). The molecule has 1 heterocycles. The van der Waals surface area contributed by atoms with Crippen molar-refractivity contribution in [3.05, 3.63) is 83.7 Å². The number of nitrogens with zero attached hydrogens (tertiary/aromatic N) is 1. The third-order valence-corrected chi connectivity index (χ3v) is 5.56. The van der Waals surface area contributed by atoms with E-state index in [0.29, 0.717) is 29.0 Å². The third kappa shape index (κ3) is 5.26. The Balaban J connectivity index is 1.69. The van der Waals surface area contributed by atoms with Crippen LogP contribution >= 0.6 is 0 Å². The van der Waals surface area contributed by atoms with Gasteiger partial charge in [0.15, 0.2) is 0 Å². The van der Waals surface area contributed by atoms with Crippen molar-refractivity contribution in [1.29, 1.82) is 0 Å². The quantitative estimate of drug-likeness (QED) is 0.217. The van der Waals surface area contributed by atoms with Crippen molar-refractivity contribution in [3.63, 3.8) is 0 Å². The van der Waals surface area contributed by atoms with Crippen LogP contribution in [0.25, 0.3) is 33.3 Å². The largest absolute Gasteiger partial charge is 0.494 e. The number of hydrogen-bond acceptors (Lipinski definition) is 3. The number of unbranched alkanes of at least 4 members (excludes halogenated alkanes) is 1. The Labute approximate surface area is 198 Å². The lowest BCUT2D eigenvalue weighted by molar-refractivity contribution is -0.137. The van der Waals surface area contributed by atoms with Gasteiger partial charge in [-0.3, -0.25) is 0 Å². The van der Waals surface area contributed by atoms with Crippen molar-refractivity contribution < 1.29 is 32.2 Å². The standard InChI is InChI=1S/C27H21F4NO3/c1-2-3-12-35-19-8-4-16(5-9-19)20-10-6-17(13-23(20)28)25-15-22(26(33)34)21-14-18(27(29,30)31)7-11-24(21)32-25/h4-11,13-15H,2-3,12H2,1H3,(H,33,34). The van der Waals surface area contributed by atoms with Crippen LogP contribution in [0.5, 0.6) is 5.75 Å². The first kappa shape index (κ1) is 24.2. The molecule has 0 saturated carbocycles. The van der Waals surface area contributed by atoms with Crippen molar-refractivity contribution >= 4 is 16.9 Å². The molecule has 180 valence electrons. The molecule has 35 heavy (non-hydrogen) atoms. The molecule has 0 bridgehead atoms. The summed E-state index contributed by atoms with van der Waals surface area (Å²) in [5.74, 6) is -1.26. The van der Waals surface area contributed by atoms with Crippen LogP contribution in [0.4, 0.5) is 17.6 Å². The molecule has 4 nitrogen and oxygen atoms in total. The summed E-state index contributed by atoms with van der Waals surface area (Å²) in [5, 5.41) is 9.45. The number of halogens is 4. The maximum Gasteiger partial charge on any atom is 0.416 e. The minimum Gasteiger partial charge on any atom is -0.494 e. The average molecular weight is 483 g/mol. The summed E-state index contributed by atoms with van der Waals surface area (Å²) in [4.78, 5) is 16.1. The number of ether oxygens (including phenoxy) is 1. The van der Waals surface area contributed by atoms with Gasteiger partial charge < -0.3 is 9.84 Å². The third-order valence-electron chi connectivity index (χ3n) is 5.56. The van der Waals surface area contributed by atoms with Gasteiger partial charge >= 0.3 is 12.1 Å². The second kappa shape index (κ2) is 9.74. The second-order valence-electron chi connectivity index (χ2n) is 8.01. The van der Waals surface area contributed by atoms with Crippen LogP contribution in [0, 0.1) is 5.82 Å². The lowest BCUT2D eigenvalue weighted by Crippen LogP contribution is -2.06. The van der Waals surface area contributed by atoms with Gasteiger partial charge in [-0.05, 0) is 54.4 Å². The first-order chi connectivity index (χ1) is 16.7. The van der Waals surface area contributed by atoms with Gasteiger partial charge in [-0.1, -0.05) is 37.6 Å². The molecule has 0 fully saturated rings. The van der Waals surface area contributed by atoms with Crippen LogP contribution in [0.3, 0.4) is 0 Å². The Morgan fingerprint density at radius 3 is 2.31 bits per heavy atom. The summed E-state index contributed by atoms with van der Waals surface area (Å²) in [5.41, 5.74) is 0.154. The van der Waals surface area contributed by atoms with E-state index in [1.807, 2.05) is 0 Å². The fourth-order valence-corrected chi connectivity index (χ4v) is 3.70. The van der Waals surface area contributed by atoms with Crippen LogP contribution in [-0.4, -0.2) is 22.7 Å². The lowest BCUT2D eigenvalue weighted by atomic mass is 9.99. The van der Waals surface area contributed by atoms with E-state index in [1.54, 1.807) is 36.4 Å². The number of alkyl halides is 3. The SMILES string of the molecule is CCCCOc1ccc(-c2ccc(-c3cc(C(=O)O)c4cc(C(F)(F)F)ccc4n3)cc2F)cc1. The summed E-state index contributed by atoms with van der Waals surface area (Å²) in [6.45, 7) is 2.67. The molecule has 1 aromatic heterocycles. The fraction of sp³-hybridized carbons (Fsp3) is 0.185. The van der Waals surface area contributed by atoms with Crippen LogP contribution in [-0.2, 0) is 6.18 Å². The van der Waals surface area contributed by atoms with E-state index in [-0.39, 0.29) is 22.2 Å². The number of fused-ring (bicyclic) bond motifs is 1. The first-order valence-electron chi connectivity index (χ1n) is 11.0. The zero-order chi connectivity index (χ0) is 25.2. The summed E-state index contributed by atoms with van der Waals surface area (Å²) in [6, 6.07) is 15.2. The number of pyridine rings is 1. The number of rotatable bonds is 7. The molecular formula is C27H21F4NO3. The number of benzene rings is 3. The summed E-state index contributed by atoms with van der Waals surface area (Å²) >= 11 is 0. The average Bonchev–Trinajstić information content (AvgIpc) is 2.83. The molecule has 8 heteroatoms. The van der Waals surface area contributed by atoms with Gasteiger partial charge in [-0.2, -0.15) is 13.2 Å². The Morgan fingerprint density at radius 2 is 1.69 bits per heavy atom. The molecule has 0 radical (unpaired) electrons. The van der Waals surface area contributed by atoms with Gasteiger partial charge in [-0.25, -0.2) is 14.2 Å². The minimum atomic E-state index is -4.62. The predicted octanol–water partition coefficient (Wildman–Crippen LogP) is 7.60. The number of carboxylic acid groups (broad SMARTS) is 1. The van der Waals surface area contributed by atoms with Crippen LogP contribution in [0.1, 0.15) is 35.7 Å². The Hall–Kier alpha value is -3.94. The molecule has 4 aromatic rings. The van der Waals surface area contributed by atoms with Crippen molar-refractivity contribution in [2.24, 2.45) is 0 Å². The summed E-state index contributed by atoms with van der Waals surface area (Å²) in [7, 11) is 0. The number of aromatic carboxylic acids is 1. The zero-order valence-electron chi connectivity index (χ0n) is 18.7. The van der Waals surface area contributed by atoms with Gasteiger partial charge in [0.1, 0.15) is 11.6 Å². The fourth-order valence-electron chi connectivity index (χ4n) is 3.70. The van der Waals surface area contributed by atoms with Gasteiger partial charge in [-0.15, -0.1) is 0 Å².